The minimum atomic E-state index is 0. The number of rotatable bonds is 5. The molecule has 0 aromatic carbocycles. The number of likely N-dealkylation sites (tertiary alicyclic amines) is 1. The van der Waals surface area contributed by atoms with Crippen molar-refractivity contribution >= 4 is 18.4 Å². The summed E-state index contributed by atoms with van der Waals surface area (Å²) in [6.07, 6.45) is 8.51. The van der Waals surface area contributed by atoms with Crippen molar-refractivity contribution in [2.24, 2.45) is 7.05 Å². The second kappa shape index (κ2) is 9.36. The zero-order valence-corrected chi connectivity index (χ0v) is 19.0. The quantitative estimate of drug-likeness (QED) is 0.596. The van der Waals surface area contributed by atoms with Crippen LogP contribution in [0.15, 0.2) is 29.0 Å². The first-order chi connectivity index (χ1) is 14.7. The predicted molar refractivity (Wildman–Crippen MR) is 121 cm³/mol. The lowest BCUT2D eigenvalue weighted by Crippen LogP contribution is -2.35. The number of piperidine rings is 1. The van der Waals surface area contributed by atoms with Crippen LogP contribution in [0.2, 0.25) is 0 Å². The number of aromatic nitrogens is 5. The molecule has 9 heteroatoms. The molecule has 0 bridgehead atoms. The van der Waals surface area contributed by atoms with Gasteiger partial charge in [-0.1, -0.05) is 5.16 Å². The van der Waals surface area contributed by atoms with Crippen LogP contribution < -0.4 is 4.90 Å². The van der Waals surface area contributed by atoms with E-state index in [1.54, 1.807) is 0 Å². The Balaban J connectivity index is 0.00000231. The Morgan fingerprint density at radius 3 is 2.71 bits per heavy atom. The molecule has 2 saturated heterocycles. The van der Waals surface area contributed by atoms with Gasteiger partial charge < -0.3 is 9.42 Å². The zero-order chi connectivity index (χ0) is 20.5. The van der Waals surface area contributed by atoms with Gasteiger partial charge in [-0.05, 0) is 45.2 Å². The first kappa shape index (κ1) is 21.8. The Hall–Kier alpha value is -2.45. The van der Waals surface area contributed by atoms with E-state index in [4.69, 9.17) is 14.5 Å². The molecule has 0 amide bonds. The molecule has 0 aliphatic carbocycles. The molecule has 3 aromatic heterocycles. The fourth-order valence-electron chi connectivity index (χ4n) is 4.65. The van der Waals surface area contributed by atoms with Crippen LogP contribution in [0.25, 0.3) is 11.3 Å². The minimum absolute atomic E-state index is 0. The van der Waals surface area contributed by atoms with E-state index in [1.165, 1.54) is 18.5 Å². The number of aryl methyl sites for hydroxylation is 2. The van der Waals surface area contributed by atoms with Crippen molar-refractivity contribution < 1.29 is 4.52 Å². The molecule has 3 aromatic rings. The third-order valence-corrected chi connectivity index (χ3v) is 6.29. The van der Waals surface area contributed by atoms with Gasteiger partial charge in [0.25, 0.3) is 0 Å². The molecule has 2 aliphatic heterocycles. The molecular weight excluding hydrogens is 414 g/mol. The molecular formula is C22H30ClN7O. The van der Waals surface area contributed by atoms with E-state index < -0.39 is 0 Å². The van der Waals surface area contributed by atoms with Crippen molar-refractivity contribution in [2.45, 2.75) is 45.1 Å². The van der Waals surface area contributed by atoms with Crippen molar-refractivity contribution in [2.75, 3.05) is 31.1 Å². The summed E-state index contributed by atoms with van der Waals surface area (Å²) in [5.41, 5.74) is 4.19. The van der Waals surface area contributed by atoms with Crippen molar-refractivity contribution in [1.29, 1.82) is 0 Å². The van der Waals surface area contributed by atoms with Crippen molar-refractivity contribution in [1.82, 2.24) is 29.8 Å². The molecule has 8 nitrogen and oxygen atoms in total. The van der Waals surface area contributed by atoms with E-state index >= 15 is 0 Å². The molecule has 31 heavy (non-hydrogen) atoms. The van der Waals surface area contributed by atoms with Crippen molar-refractivity contribution in [3.8, 4) is 11.3 Å². The SMILES string of the molecule is Cc1cc(-c2cnc(N3CCCC3)nc2C2CCCN(Cc3ccnn3C)C2)on1.Cl. The lowest BCUT2D eigenvalue weighted by molar-refractivity contribution is 0.194. The summed E-state index contributed by atoms with van der Waals surface area (Å²) in [6, 6.07) is 4.08. The molecule has 0 radical (unpaired) electrons. The van der Waals surface area contributed by atoms with Gasteiger partial charge in [-0.3, -0.25) is 9.58 Å². The van der Waals surface area contributed by atoms with Crippen LogP contribution in [0.1, 0.15) is 48.7 Å². The summed E-state index contributed by atoms with van der Waals surface area (Å²) in [5, 5.41) is 8.41. The predicted octanol–water partition coefficient (Wildman–Crippen LogP) is 3.58. The molecule has 2 aliphatic rings. The van der Waals surface area contributed by atoms with E-state index in [9.17, 15) is 0 Å². The van der Waals surface area contributed by atoms with Crippen LogP contribution in [-0.2, 0) is 13.6 Å². The molecule has 166 valence electrons. The molecule has 2 fully saturated rings. The topological polar surface area (TPSA) is 76.1 Å². The second-order valence-electron chi connectivity index (χ2n) is 8.52. The summed E-state index contributed by atoms with van der Waals surface area (Å²) in [7, 11) is 2.01. The van der Waals surface area contributed by atoms with Crippen LogP contribution in [0.5, 0.6) is 0 Å². The monoisotopic (exact) mass is 443 g/mol. The highest BCUT2D eigenvalue weighted by atomic mass is 35.5. The lowest BCUT2D eigenvalue weighted by Gasteiger charge is -2.33. The Bertz CT molecular complexity index is 1010. The van der Waals surface area contributed by atoms with Gasteiger partial charge in [0.15, 0.2) is 5.76 Å². The maximum atomic E-state index is 5.61. The van der Waals surface area contributed by atoms with E-state index in [1.807, 2.05) is 37.1 Å². The number of anilines is 1. The summed E-state index contributed by atoms with van der Waals surface area (Å²) in [4.78, 5) is 14.6. The number of hydrogen-bond acceptors (Lipinski definition) is 7. The maximum absolute atomic E-state index is 5.61. The summed E-state index contributed by atoms with van der Waals surface area (Å²) >= 11 is 0. The van der Waals surface area contributed by atoms with Crippen molar-refractivity contribution in [3.63, 3.8) is 0 Å². The van der Waals surface area contributed by atoms with Crippen LogP contribution in [0.3, 0.4) is 0 Å². The molecule has 5 heterocycles. The number of nitrogens with zero attached hydrogens (tertiary/aromatic N) is 7. The average Bonchev–Trinajstić information content (AvgIpc) is 3.52. The fourth-order valence-corrected chi connectivity index (χ4v) is 4.65. The molecule has 0 spiro atoms. The van der Waals surface area contributed by atoms with Gasteiger partial charge in [-0.25, -0.2) is 9.97 Å². The summed E-state index contributed by atoms with van der Waals surface area (Å²) in [5.74, 6) is 1.96. The highest BCUT2D eigenvalue weighted by molar-refractivity contribution is 5.85. The Labute approximate surface area is 189 Å². The molecule has 0 N–H and O–H groups in total. The Morgan fingerprint density at radius 1 is 1.16 bits per heavy atom. The van der Waals surface area contributed by atoms with Gasteiger partial charge in [0, 0.05) is 57.6 Å². The van der Waals surface area contributed by atoms with Crippen molar-refractivity contribution in [3.05, 3.63) is 41.6 Å². The highest BCUT2D eigenvalue weighted by Gasteiger charge is 2.28. The summed E-state index contributed by atoms with van der Waals surface area (Å²) in [6.45, 7) is 7.01. The fraction of sp³-hybridized carbons (Fsp3) is 0.545. The normalized spacial score (nSPS) is 19.5. The van der Waals surface area contributed by atoms with Crippen LogP contribution in [0, 0.1) is 6.92 Å². The van der Waals surface area contributed by atoms with Crippen LogP contribution >= 0.6 is 12.4 Å². The third-order valence-electron chi connectivity index (χ3n) is 6.29. The van der Waals surface area contributed by atoms with Gasteiger partial charge >= 0.3 is 0 Å². The molecule has 1 unspecified atom stereocenters. The van der Waals surface area contributed by atoms with Gasteiger partial charge in [0.1, 0.15) is 0 Å². The minimum Gasteiger partial charge on any atom is -0.356 e. The molecule has 0 saturated carbocycles. The number of halogens is 1. The lowest BCUT2D eigenvalue weighted by atomic mass is 9.91. The van der Waals surface area contributed by atoms with Gasteiger partial charge in [0.2, 0.25) is 5.95 Å². The Morgan fingerprint density at radius 2 is 2.00 bits per heavy atom. The zero-order valence-electron chi connectivity index (χ0n) is 18.2. The van der Waals surface area contributed by atoms with E-state index in [0.717, 1.165) is 74.2 Å². The molecule has 5 rings (SSSR count). The third kappa shape index (κ3) is 4.60. The highest BCUT2D eigenvalue weighted by Crippen LogP contribution is 2.35. The van der Waals surface area contributed by atoms with E-state index in [-0.39, 0.29) is 12.4 Å². The van der Waals surface area contributed by atoms with Crippen LogP contribution in [-0.4, -0.2) is 56.0 Å². The second-order valence-corrected chi connectivity index (χ2v) is 8.52. The van der Waals surface area contributed by atoms with Gasteiger partial charge in [-0.2, -0.15) is 5.10 Å². The summed E-state index contributed by atoms with van der Waals surface area (Å²) < 4.78 is 7.57. The van der Waals surface area contributed by atoms with E-state index in [0.29, 0.717) is 5.92 Å². The number of hydrogen-bond donors (Lipinski definition) is 0. The standard InChI is InChI=1S/C22H29N7O.ClH/c1-16-12-20(30-26-16)19-13-23-22(29-10-3-4-11-29)25-21(19)17-6-5-9-28(14-17)15-18-7-8-24-27(18)2;/h7-8,12-13,17H,3-6,9-11,14-15H2,1-2H3;1H. The van der Waals surface area contributed by atoms with Crippen LogP contribution in [0.4, 0.5) is 5.95 Å². The average molecular weight is 444 g/mol. The van der Waals surface area contributed by atoms with E-state index in [2.05, 4.69) is 26.1 Å². The Kier molecular flexibility index (Phi) is 6.57. The van der Waals surface area contributed by atoms with Gasteiger partial charge in [0.05, 0.1) is 22.6 Å². The maximum Gasteiger partial charge on any atom is 0.225 e. The largest absolute Gasteiger partial charge is 0.356 e. The smallest absolute Gasteiger partial charge is 0.225 e. The molecule has 1 atom stereocenters. The first-order valence-corrected chi connectivity index (χ1v) is 10.9. The first-order valence-electron chi connectivity index (χ1n) is 10.9. The van der Waals surface area contributed by atoms with Gasteiger partial charge in [-0.15, -0.1) is 12.4 Å².